The van der Waals surface area contributed by atoms with Gasteiger partial charge in [-0.25, -0.2) is 15.0 Å². The summed E-state index contributed by atoms with van der Waals surface area (Å²) in [5, 5.41) is 4.85. The van der Waals surface area contributed by atoms with Gasteiger partial charge in [0.05, 0.1) is 29.0 Å². The second-order valence-electron chi connectivity index (χ2n) is 8.25. The molecule has 3 aromatic rings. The lowest BCUT2D eigenvalue weighted by atomic mass is 10.1. The van der Waals surface area contributed by atoms with Gasteiger partial charge in [-0.3, -0.25) is 0 Å². The van der Waals surface area contributed by atoms with Gasteiger partial charge < -0.3 is 15.0 Å². The van der Waals surface area contributed by atoms with Crippen molar-refractivity contribution in [2.45, 2.75) is 58.9 Å². The number of thiazole rings is 1. The zero-order valence-corrected chi connectivity index (χ0v) is 19.7. The quantitative estimate of drug-likeness (QED) is 0.514. The van der Waals surface area contributed by atoms with E-state index in [0.717, 1.165) is 67.2 Å². The van der Waals surface area contributed by atoms with Gasteiger partial charge in [-0.15, -0.1) is 11.3 Å². The Kier molecular flexibility index (Phi) is 7.35. The number of nitrogens with zero attached hydrogens (tertiary/aromatic N) is 4. The van der Waals surface area contributed by atoms with Gasteiger partial charge in [0, 0.05) is 29.4 Å². The normalized spacial score (nSPS) is 17.1. The fraction of sp³-hybridized carbons (Fsp3) is 0.542. The first-order valence-electron chi connectivity index (χ1n) is 11.4. The van der Waals surface area contributed by atoms with Crippen LogP contribution in [0, 0.1) is 13.8 Å². The maximum absolute atomic E-state index is 5.64. The summed E-state index contributed by atoms with van der Waals surface area (Å²) >= 11 is 1.78. The van der Waals surface area contributed by atoms with E-state index in [1.165, 1.54) is 23.4 Å². The molecule has 0 radical (unpaired) electrons. The number of nitrogens with one attached hydrogen (secondary N) is 1. The monoisotopic (exact) mass is 439 g/mol. The fourth-order valence-electron chi connectivity index (χ4n) is 4.27. The number of anilines is 1. The lowest BCUT2D eigenvalue weighted by Gasteiger charge is -2.22. The number of hydrogen-bond acceptors (Lipinski definition) is 7. The Balaban J connectivity index is 1.33. The third-order valence-corrected chi connectivity index (χ3v) is 7.02. The van der Waals surface area contributed by atoms with E-state index in [4.69, 9.17) is 14.7 Å². The predicted molar refractivity (Wildman–Crippen MR) is 128 cm³/mol. The molecule has 0 aliphatic carbocycles. The zero-order chi connectivity index (χ0) is 21.6. The smallest absolute Gasteiger partial charge is 0.226 e. The first-order chi connectivity index (χ1) is 15.1. The molecule has 1 aromatic carbocycles. The van der Waals surface area contributed by atoms with Crippen molar-refractivity contribution in [3.8, 4) is 5.75 Å². The van der Waals surface area contributed by atoms with Crippen LogP contribution in [0.5, 0.6) is 5.75 Å². The Bertz CT molecular complexity index is 1000. The number of hydrogen-bond donors (Lipinski definition) is 1. The van der Waals surface area contributed by atoms with Crippen LogP contribution >= 0.6 is 11.3 Å². The highest BCUT2D eigenvalue weighted by atomic mass is 32.1. The molecular formula is C24H33N5OS. The maximum atomic E-state index is 5.64. The van der Waals surface area contributed by atoms with E-state index >= 15 is 0 Å². The Morgan fingerprint density at radius 2 is 2.06 bits per heavy atom. The summed E-state index contributed by atoms with van der Waals surface area (Å²) in [5.74, 6) is 1.74. The van der Waals surface area contributed by atoms with E-state index in [9.17, 15) is 0 Å². The number of aromatic nitrogens is 3. The molecule has 1 fully saturated rings. The molecule has 4 rings (SSSR count). The summed E-state index contributed by atoms with van der Waals surface area (Å²) in [6, 6.07) is 6.67. The maximum Gasteiger partial charge on any atom is 0.226 e. The fourth-order valence-corrected chi connectivity index (χ4v) is 5.09. The zero-order valence-electron chi connectivity index (χ0n) is 18.9. The van der Waals surface area contributed by atoms with Crippen molar-refractivity contribution in [2.75, 3.05) is 31.1 Å². The number of rotatable bonds is 8. The standard InChI is InChI=1S/C24H33N5OS/c1-4-30-20-9-10-22-21(15-20)17(2)27-24(28-22)29-13-6-7-19(11-14-29)25-12-5-8-23-18(3)26-16-31-23/h9-10,15-16,19,25H,4-8,11-14H2,1-3H3/t19-/m1/s1. The molecule has 6 nitrogen and oxygen atoms in total. The van der Waals surface area contributed by atoms with E-state index in [1.807, 2.05) is 30.6 Å². The third-order valence-electron chi connectivity index (χ3n) is 6.03. The van der Waals surface area contributed by atoms with E-state index < -0.39 is 0 Å². The summed E-state index contributed by atoms with van der Waals surface area (Å²) in [4.78, 5) is 17.8. The Morgan fingerprint density at radius 3 is 2.87 bits per heavy atom. The van der Waals surface area contributed by atoms with Gasteiger partial charge in [0.2, 0.25) is 5.95 Å². The van der Waals surface area contributed by atoms with Crippen molar-refractivity contribution in [1.82, 2.24) is 20.3 Å². The van der Waals surface area contributed by atoms with E-state index in [0.29, 0.717) is 12.6 Å². The minimum atomic E-state index is 0.572. The molecule has 1 N–H and O–H groups in total. The van der Waals surface area contributed by atoms with Gasteiger partial charge in [0.1, 0.15) is 5.75 Å². The summed E-state index contributed by atoms with van der Waals surface area (Å²) in [6.45, 7) is 9.91. The Hall–Kier alpha value is -2.25. The largest absolute Gasteiger partial charge is 0.494 e. The Morgan fingerprint density at radius 1 is 1.16 bits per heavy atom. The summed E-state index contributed by atoms with van der Waals surface area (Å²) in [6.07, 6.45) is 5.79. The molecule has 0 unspecified atom stereocenters. The highest BCUT2D eigenvalue weighted by Gasteiger charge is 2.19. The van der Waals surface area contributed by atoms with Crippen LogP contribution in [-0.4, -0.2) is 47.2 Å². The van der Waals surface area contributed by atoms with Crippen molar-refractivity contribution in [3.63, 3.8) is 0 Å². The molecule has 1 atom stereocenters. The molecule has 166 valence electrons. The molecule has 0 saturated carbocycles. The van der Waals surface area contributed by atoms with Crippen LogP contribution in [0.3, 0.4) is 0 Å². The average Bonchev–Trinajstić information content (AvgIpc) is 3.03. The second kappa shape index (κ2) is 10.4. The Labute approximate surface area is 189 Å². The minimum Gasteiger partial charge on any atom is -0.494 e. The SMILES string of the molecule is CCOc1ccc2nc(N3CCC[C@@H](NCCCc4scnc4C)CC3)nc(C)c2c1. The van der Waals surface area contributed by atoms with Gasteiger partial charge in [-0.05, 0) is 77.6 Å². The minimum absolute atomic E-state index is 0.572. The molecule has 0 spiro atoms. The predicted octanol–water partition coefficient (Wildman–Crippen LogP) is 4.68. The molecule has 1 aliphatic heterocycles. The van der Waals surface area contributed by atoms with Crippen LogP contribution in [0.4, 0.5) is 5.95 Å². The third kappa shape index (κ3) is 5.52. The summed E-state index contributed by atoms with van der Waals surface area (Å²) in [7, 11) is 0. The van der Waals surface area contributed by atoms with E-state index in [2.05, 4.69) is 29.0 Å². The van der Waals surface area contributed by atoms with Crippen molar-refractivity contribution < 1.29 is 4.74 Å². The van der Waals surface area contributed by atoms with Gasteiger partial charge >= 0.3 is 0 Å². The van der Waals surface area contributed by atoms with Gasteiger partial charge in [0.15, 0.2) is 0 Å². The van der Waals surface area contributed by atoms with Gasteiger partial charge in [-0.1, -0.05) is 0 Å². The van der Waals surface area contributed by atoms with Crippen molar-refractivity contribution in [1.29, 1.82) is 0 Å². The number of fused-ring (bicyclic) bond motifs is 1. The highest BCUT2D eigenvalue weighted by Crippen LogP contribution is 2.25. The second-order valence-corrected chi connectivity index (χ2v) is 9.19. The topological polar surface area (TPSA) is 63.2 Å². The molecule has 3 heterocycles. The molecule has 7 heteroatoms. The molecule has 0 bridgehead atoms. The van der Waals surface area contributed by atoms with Crippen molar-refractivity contribution in [3.05, 3.63) is 40.0 Å². The molecule has 0 amide bonds. The van der Waals surface area contributed by atoms with E-state index in [-0.39, 0.29) is 0 Å². The van der Waals surface area contributed by atoms with Crippen LogP contribution in [0.1, 0.15) is 48.9 Å². The molecule has 1 saturated heterocycles. The number of ether oxygens (including phenoxy) is 1. The van der Waals surface area contributed by atoms with Crippen LogP contribution in [0.2, 0.25) is 0 Å². The van der Waals surface area contributed by atoms with Crippen LogP contribution in [0.25, 0.3) is 10.9 Å². The molecular weight excluding hydrogens is 406 g/mol. The first kappa shape index (κ1) is 22.0. The molecule has 1 aliphatic rings. The summed E-state index contributed by atoms with van der Waals surface area (Å²) in [5.41, 5.74) is 5.14. The van der Waals surface area contributed by atoms with Crippen molar-refractivity contribution >= 4 is 28.2 Å². The summed E-state index contributed by atoms with van der Waals surface area (Å²) < 4.78 is 5.64. The first-order valence-corrected chi connectivity index (χ1v) is 12.3. The molecule has 31 heavy (non-hydrogen) atoms. The van der Waals surface area contributed by atoms with E-state index in [1.54, 1.807) is 11.3 Å². The number of aryl methyl sites for hydroxylation is 3. The van der Waals surface area contributed by atoms with Crippen LogP contribution in [0.15, 0.2) is 23.7 Å². The number of benzene rings is 1. The van der Waals surface area contributed by atoms with Crippen LogP contribution in [-0.2, 0) is 6.42 Å². The van der Waals surface area contributed by atoms with Crippen LogP contribution < -0.4 is 15.0 Å². The lowest BCUT2D eigenvalue weighted by Crippen LogP contribution is -2.32. The van der Waals surface area contributed by atoms with Gasteiger partial charge in [-0.2, -0.15) is 0 Å². The molecule has 2 aromatic heterocycles. The van der Waals surface area contributed by atoms with Gasteiger partial charge in [0.25, 0.3) is 0 Å². The van der Waals surface area contributed by atoms with Crippen molar-refractivity contribution in [2.24, 2.45) is 0 Å². The lowest BCUT2D eigenvalue weighted by molar-refractivity contribution is 0.340. The highest BCUT2D eigenvalue weighted by molar-refractivity contribution is 7.09. The average molecular weight is 440 g/mol.